The van der Waals surface area contributed by atoms with E-state index < -0.39 is 5.63 Å². The molecule has 4 heteroatoms. The number of ether oxygens (including phenoxy) is 1. The molecule has 0 spiro atoms. The first-order chi connectivity index (χ1) is 9.02. The molecule has 19 heavy (non-hydrogen) atoms. The van der Waals surface area contributed by atoms with E-state index in [1.54, 1.807) is 19.2 Å². The third kappa shape index (κ3) is 2.62. The number of hydrogen-bond acceptors (Lipinski definition) is 4. The van der Waals surface area contributed by atoms with Gasteiger partial charge in [0.1, 0.15) is 17.1 Å². The Morgan fingerprint density at radius 1 is 1.42 bits per heavy atom. The summed E-state index contributed by atoms with van der Waals surface area (Å²) in [6, 6.07) is 4.51. The van der Waals surface area contributed by atoms with Crippen LogP contribution in [0.1, 0.15) is 19.4 Å². The zero-order valence-corrected chi connectivity index (χ0v) is 11.2. The first kappa shape index (κ1) is 13.2. The van der Waals surface area contributed by atoms with Gasteiger partial charge >= 0.3 is 5.63 Å². The predicted octanol–water partition coefficient (Wildman–Crippen LogP) is 3.02. The quantitative estimate of drug-likeness (QED) is 0.680. The predicted molar refractivity (Wildman–Crippen MR) is 73.8 cm³/mol. The van der Waals surface area contributed by atoms with Crippen molar-refractivity contribution in [3.8, 4) is 11.5 Å². The van der Waals surface area contributed by atoms with Gasteiger partial charge in [-0.15, -0.1) is 0 Å². The minimum atomic E-state index is -0.572. The zero-order chi connectivity index (χ0) is 14.0. The van der Waals surface area contributed by atoms with Crippen LogP contribution < -0.4 is 10.4 Å². The number of hydrogen-bond donors (Lipinski definition) is 1. The number of rotatable bonds is 3. The molecule has 2 aromatic rings. The fraction of sp³-hybridized carbons (Fsp3) is 0.267. The molecule has 1 heterocycles. The van der Waals surface area contributed by atoms with Gasteiger partial charge in [0.2, 0.25) is 0 Å². The van der Waals surface area contributed by atoms with Crippen LogP contribution in [-0.2, 0) is 6.42 Å². The van der Waals surface area contributed by atoms with Gasteiger partial charge in [-0.1, -0.05) is 11.6 Å². The molecular formula is C15H16O4. The van der Waals surface area contributed by atoms with Crippen molar-refractivity contribution in [3.63, 3.8) is 0 Å². The smallest absolute Gasteiger partial charge is 0.339 e. The summed E-state index contributed by atoms with van der Waals surface area (Å²) in [6.07, 6.45) is 2.59. The van der Waals surface area contributed by atoms with Crippen molar-refractivity contribution >= 4 is 11.0 Å². The van der Waals surface area contributed by atoms with Crippen LogP contribution in [0, 0.1) is 0 Å². The van der Waals surface area contributed by atoms with Crippen LogP contribution in [0.25, 0.3) is 11.0 Å². The first-order valence-electron chi connectivity index (χ1n) is 5.99. The average molecular weight is 260 g/mol. The molecule has 0 amide bonds. The van der Waals surface area contributed by atoms with Gasteiger partial charge in [0.25, 0.3) is 0 Å². The Bertz CT molecular complexity index is 691. The number of allylic oxidation sites excluding steroid dienone is 2. The van der Waals surface area contributed by atoms with Gasteiger partial charge in [-0.3, -0.25) is 0 Å². The molecule has 0 radical (unpaired) electrons. The van der Waals surface area contributed by atoms with E-state index in [4.69, 9.17) is 9.15 Å². The Kier molecular flexibility index (Phi) is 3.60. The Hall–Kier alpha value is -2.23. The van der Waals surface area contributed by atoms with Gasteiger partial charge in [0.05, 0.1) is 18.6 Å². The van der Waals surface area contributed by atoms with Crippen molar-refractivity contribution in [3.05, 3.63) is 45.8 Å². The molecule has 100 valence electrons. The van der Waals surface area contributed by atoms with Gasteiger partial charge in [-0.05, 0) is 32.4 Å². The minimum absolute atomic E-state index is 0.0765. The van der Waals surface area contributed by atoms with Crippen molar-refractivity contribution in [1.82, 2.24) is 0 Å². The summed E-state index contributed by atoms with van der Waals surface area (Å²) >= 11 is 0. The third-order valence-electron chi connectivity index (χ3n) is 2.89. The van der Waals surface area contributed by atoms with Crippen molar-refractivity contribution in [1.29, 1.82) is 0 Å². The molecular weight excluding hydrogens is 244 g/mol. The molecule has 1 aromatic heterocycles. The Labute approximate surface area is 110 Å². The van der Waals surface area contributed by atoms with E-state index >= 15 is 0 Å². The zero-order valence-electron chi connectivity index (χ0n) is 11.2. The van der Waals surface area contributed by atoms with Crippen LogP contribution in [-0.4, -0.2) is 12.2 Å². The summed E-state index contributed by atoms with van der Waals surface area (Å²) in [5, 5.41) is 10.3. The maximum atomic E-state index is 11.4. The molecule has 0 fully saturated rings. The average Bonchev–Trinajstić information content (AvgIpc) is 2.35. The lowest BCUT2D eigenvalue weighted by Crippen LogP contribution is -1.99. The number of benzene rings is 1. The van der Waals surface area contributed by atoms with E-state index in [9.17, 15) is 9.90 Å². The van der Waals surface area contributed by atoms with E-state index in [1.807, 2.05) is 19.9 Å². The highest BCUT2D eigenvalue weighted by Gasteiger charge is 2.13. The van der Waals surface area contributed by atoms with Crippen LogP contribution in [0.3, 0.4) is 0 Å². The highest BCUT2D eigenvalue weighted by molar-refractivity contribution is 5.87. The minimum Gasteiger partial charge on any atom is -0.507 e. The number of methoxy groups -OCH3 is 1. The largest absolute Gasteiger partial charge is 0.507 e. The van der Waals surface area contributed by atoms with Gasteiger partial charge in [-0.25, -0.2) is 4.79 Å². The standard InChI is InChI=1S/C15H16O4/c1-9(2)4-5-11-13(18-3)7-6-10-12(16)8-14(17)19-15(10)11/h4,6-8,16H,5H2,1-3H3. The fourth-order valence-corrected chi connectivity index (χ4v) is 1.94. The summed E-state index contributed by atoms with van der Waals surface area (Å²) < 4.78 is 10.5. The number of aromatic hydroxyl groups is 1. The highest BCUT2D eigenvalue weighted by Crippen LogP contribution is 2.32. The van der Waals surface area contributed by atoms with Crippen molar-refractivity contribution in [2.24, 2.45) is 0 Å². The summed E-state index contributed by atoms with van der Waals surface area (Å²) in [7, 11) is 1.56. The second kappa shape index (κ2) is 5.18. The van der Waals surface area contributed by atoms with Gasteiger partial charge < -0.3 is 14.3 Å². The monoisotopic (exact) mass is 260 g/mol. The van der Waals surface area contributed by atoms with Crippen molar-refractivity contribution < 1.29 is 14.3 Å². The molecule has 0 atom stereocenters. The van der Waals surface area contributed by atoms with Crippen LogP contribution >= 0.6 is 0 Å². The summed E-state index contributed by atoms with van der Waals surface area (Å²) in [4.78, 5) is 11.4. The normalized spacial score (nSPS) is 10.5. The molecule has 0 unspecified atom stereocenters. The maximum absolute atomic E-state index is 11.4. The van der Waals surface area contributed by atoms with Crippen molar-refractivity contribution in [2.45, 2.75) is 20.3 Å². The summed E-state index contributed by atoms with van der Waals surface area (Å²) in [6.45, 7) is 3.98. The molecule has 0 aliphatic rings. The molecule has 0 saturated carbocycles. The SMILES string of the molecule is COc1ccc2c(O)cc(=O)oc2c1CC=C(C)C. The number of fused-ring (bicyclic) bond motifs is 1. The lowest BCUT2D eigenvalue weighted by atomic mass is 10.0. The fourth-order valence-electron chi connectivity index (χ4n) is 1.94. The topological polar surface area (TPSA) is 59.7 Å². The molecule has 2 rings (SSSR count). The van der Waals surface area contributed by atoms with E-state index in [2.05, 4.69) is 0 Å². The summed E-state index contributed by atoms with van der Waals surface area (Å²) in [5.41, 5.74) is 1.72. The molecule has 0 bridgehead atoms. The molecule has 0 saturated heterocycles. The second-order valence-electron chi connectivity index (χ2n) is 4.56. The van der Waals surface area contributed by atoms with Gasteiger partial charge in [0.15, 0.2) is 0 Å². The van der Waals surface area contributed by atoms with Crippen LogP contribution in [0.4, 0.5) is 0 Å². The second-order valence-corrected chi connectivity index (χ2v) is 4.56. The molecule has 4 nitrogen and oxygen atoms in total. The van der Waals surface area contributed by atoms with E-state index in [1.165, 1.54) is 0 Å². The van der Waals surface area contributed by atoms with Crippen molar-refractivity contribution in [2.75, 3.05) is 7.11 Å². The van der Waals surface area contributed by atoms with Gasteiger partial charge in [0, 0.05) is 5.56 Å². The maximum Gasteiger partial charge on any atom is 0.339 e. The molecule has 0 aliphatic heterocycles. The molecule has 0 aliphatic carbocycles. The Morgan fingerprint density at radius 2 is 2.16 bits per heavy atom. The third-order valence-corrected chi connectivity index (χ3v) is 2.89. The van der Waals surface area contributed by atoms with Crippen LogP contribution in [0.5, 0.6) is 11.5 Å². The lowest BCUT2D eigenvalue weighted by molar-refractivity contribution is 0.409. The van der Waals surface area contributed by atoms with E-state index in [-0.39, 0.29) is 5.75 Å². The molecule has 1 N–H and O–H groups in total. The van der Waals surface area contributed by atoms with Gasteiger partial charge in [-0.2, -0.15) is 0 Å². The van der Waals surface area contributed by atoms with E-state index in [0.29, 0.717) is 23.1 Å². The highest BCUT2D eigenvalue weighted by atomic mass is 16.5. The Balaban J connectivity index is 2.75. The Morgan fingerprint density at radius 3 is 2.79 bits per heavy atom. The van der Waals surface area contributed by atoms with E-state index in [0.717, 1.165) is 17.2 Å². The van der Waals surface area contributed by atoms with Crippen LogP contribution in [0.15, 0.2) is 39.1 Å². The van der Waals surface area contributed by atoms with Crippen LogP contribution in [0.2, 0.25) is 0 Å². The lowest BCUT2D eigenvalue weighted by Gasteiger charge is -2.10. The molecule has 1 aromatic carbocycles. The first-order valence-corrected chi connectivity index (χ1v) is 5.99. The summed E-state index contributed by atoms with van der Waals surface area (Å²) in [5.74, 6) is 0.561.